The molecular formula is C14H21N2. The van der Waals surface area contributed by atoms with Gasteiger partial charge in [-0.25, -0.2) is 0 Å². The lowest BCUT2D eigenvalue weighted by Crippen LogP contribution is -2.31. The van der Waals surface area contributed by atoms with Gasteiger partial charge in [0.25, 0.3) is 0 Å². The van der Waals surface area contributed by atoms with Gasteiger partial charge in [-0.05, 0) is 57.1 Å². The Hall–Kier alpha value is -1.02. The van der Waals surface area contributed by atoms with Crippen LogP contribution < -0.4 is 5.32 Å². The first kappa shape index (κ1) is 11.5. The molecule has 0 aromatic heterocycles. The van der Waals surface area contributed by atoms with Crippen molar-refractivity contribution < 1.29 is 0 Å². The first-order valence-electron chi connectivity index (χ1n) is 6.37. The van der Waals surface area contributed by atoms with Gasteiger partial charge in [0.2, 0.25) is 0 Å². The predicted octanol–water partition coefficient (Wildman–Crippen LogP) is 2.77. The largest absolute Gasteiger partial charge is 0.385 e. The molecule has 87 valence electrons. The third-order valence-electron chi connectivity index (χ3n) is 3.15. The molecule has 1 fully saturated rings. The van der Waals surface area contributed by atoms with Gasteiger partial charge in [0, 0.05) is 12.2 Å². The molecule has 2 nitrogen and oxygen atoms in total. The van der Waals surface area contributed by atoms with Gasteiger partial charge in [-0.2, -0.15) is 0 Å². The van der Waals surface area contributed by atoms with Crippen molar-refractivity contribution in [2.75, 3.05) is 31.5 Å². The zero-order chi connectivity index (χ0) is 11.1. The molecule has 1 aliphatic rings. The number of hydrogen-bond donors (Lipinski definition) is 1. The van der Waals surface area contributed by atoms with E-state index in [2.05, 4.69) is 28.4 Å². The second-order valence-electron chi connectivity index (χ2n) is 4.47. The molecule has 0 spiro atoms. The fourth-order valence-corrected chi connectivity index (χ4v) is 2.22. The number of benzene rings is 1. The molecule has 0 aliphatic carbocycles. The average molecular weight is 217 g/mol. The molecule has 0 atom stereocenters. The Kier molecular flexibility index (Phi) is 4.69. The van der Waals surface area contributed by atoms with E-state index in [0.29, 0.717) is 0 Å². The van der Waals surface area contributed by atoms with Crippen molar-refractivity contribution in [3.63, 3.8) is 0 Å². The van der Waals surface area contributed by atoms with Crippen molar-refractivity contribution in [2.24, 2.45) is 0 Å². The average Bonchev–Trinajstić information content (AvgIpc) is 2.37. The first-order chi connectivity index (χ1) is 7.95. The maximum Gasteiger partial charge on any atom is 0.0340 e. The van der Waals surface area contributed by atoms with Gasteiger partial charge in [-0.1, -0.05) is 18.6 Å². The topological polar surface area (TPSA) is 15.3 Å². The molecule has 0 unspecified atom stereocenters. The molecular weight excluding hydrogens is 196 g/mol. The van der Waals surface area contributed by atoms with Crippen LogP contribution in [0.5, 0.6) is 0 Å². The van der Waals surface area contributed by atoms with E-state index >= 15 is 0 Å². The molecule has 1 heterocycles. The smallest absolute Gasteiger partial charge is 0.0340 e. The van der Waals surface area contributed by atoms with Crippen LogP contribution >= 0.6 is 0 Å². The number of likely N-dealkylation sites (tertiary alicyclic amines) is 1. The summed E-state index contributed by atoms with van der Waals surface area (Å²) in [4.78, 5) is 2.59. The summed E-state index contributed by atoms with van der Waals surface area (Å²) < 4.78 is 0. The van der Waals surface area contributed by atoms with Crippen molar-refractivity contribution in [1.82, 2.24) is 4.90 Å². The first-order valence-corrected chi connectivity index (χ1v) is 6.37. The Labute approximate surface area is 98.7 Å². The molecule has 1 saturated heterocycles. The lowest BCUT2D eigenvalue weighted by Gasteiger charge is -2.26. The summed E-state index contributed by atoms with van der Waals surface area (Å²) in [5.74, 6) is 0. The Bertz CT molecular complexity index is 278. The molecule has 1 radical (unpaired) electrons. The highest BCUT2D eigenvalue weighted by Gasteiger charge is 2.08. The fraction of sp³-hybridized carbons (Fsp3) is 0.571. The minimum absolute atomic E-state index is 1.07. The molecule has 0 amide bonds. The maximum absolute atomic E-state index is 3.44. The van der Waals surface area contributed by atoms with E-state index in [1.165, 1.54) is 51.0 Å². The second-order valence-corrected chi connectivity index (χ2v) is 4.47. The van der Waals surface area contributed by atoms with E-state index in [1.54, 1.807) is 0 Å². The summed E-state index contributed by atoms with van der Waals surface area (Å²) in [6, 6.07) is 11.1. The standard InChI is InChI=1S/C14H21N2/c1-3-8-14(9-4-1)15-10-7-13-16-11-5-2-6-12-16/h3-4,8-9,15H,2,5-7,10-13H2. The Morgan fingerprint density at radius 3 is 2.62 bits per heavy atom. The fourth-order valence-electron chi connectivity index (χ4n) is 2.22. The van der Waals surface area contributed by atoms with Crippen LogP contribution in [0.2, 0.25) is 0 Å². The summed E-state index contributed by atoms with van der Waals surface area (Å²) in [5, 5.41) is 3.44. The van der Waals surface area contributed by atoms with Gasteiger partial charge in [0.1, 0.15) is 0 Å². The minimum atomic E-state index is 1.07. The predicted molar refractivity (Wildman–Crippen MR) is 68.7 cm³/mol. The highest BCUT2D eigenvalue weighted by molar-refractivity contribution is 5.41. The van der Waals surface area contributed by atoms with E-state index in [0.717, 1.165) is 6.54 Å². The van der Waals surface area contributed by atoms with Crippen molar-refractivity contribution >= 4 is 5.69 Å². The Morgan fingerprint density at radius 1 is 1.12 bits per heavy atom. The van der Waals surface area contributed by atoms with E-state index in [4.69, 9.17) is 0 Å². The van der Waals surface area contributed by atoms with Crippen LogP contribution in [-0.4, -0.2) is 31.1 Å². The Balaban J connectivity index is 1.58. The van der Waals surface area contributed by atoms with Crippen molar-refractivity contribution in [1.29, 1.82) is 0 Å². The summed E-state index contributed by atoms with van der Waals surface area (Å²) in [6.07, 6.45) is 5.44. The van der Waals surface area contributed by atoms with Crippen molar-refractivity contribution in [2.45, 2.75) is 25.7 Å². The quantitative estimate of drug-likeness (QED) is 0.763. The van der Waals surface area contributed by atoms with Crippen LogP contribution in [0.3, 0.4) is 0 Å². The summed E-state index contributed by atoms with van der Waals surface area (Å²) >= 11 is 0. The van der Waals surface area contributed by atoms with Gasteiger partial charge >= 0.3 is 0 Å². The van der Waals surface area contributed by atoms with Crippen LogP contribution in [-0.2, 0) is 0 Å². The molecule has 1 N–H and O–H groups in total. The molecule has 1 aromatic carbocycles. The number of piperidine rings is 1. The number of rotatable bonds is 5. The minimum Gasteiger partial charge on any atom is -0.385 e. The van der Waals surface area contributed by atoms with Crippen LogP contribution in [0.25, 0.3) is 0 Å². The third kappa shape index (κ3) is 3.86. The second kappa shape index (κ2) is 6.54. The van der Waals surface area contributed by atoms with E-state index in [9.17, 15) is 0 Å². The number of anilines is 1. The summed E-state index contributed by atoms with van der Waals surface area (Å²) in [5.41, 5.74) is 1.21. The van der Waals surface area contributed by atoms with Crippen LogP contribution in [0, 0.1) is 6.07 Å². The highest BCUT2D eigenvalue weighted by Crippen LogP contribution is 2.09. The lowest BCUT2D eigenvalue weighted by molar-refractivity contribution is 0.228. The molecule has 0 bridgehead atoms. The zero-order valence-electron chi connectivity index (χ0n) is 9.91. The number of nitrogens with zero attached hydrogens (tertiary/aromatic N) is 1. The van der Waals surface area contributed by atoms with Gasteiger partial charge < -0.3 is 10.2 Å². The highest BCUT2D eigenvalue weighted by atomic mass is 15.1. The van der Waals surface area contributed by atoms with E-state index in [1.807, 2.05) is 12.1 Å². The molecule has 0 saturated carbocycles. The molecule has 1 aliphatic heterocycles. The zero-order valence-corrected chi connectivity index (χ0v) is 9.91. The lowest BCUT2D eigenvalue weighted by atomic mass is 10.1. The van der Waals surface area contributed by atoms with E-state index in [-0.39, 0.29) is 0 Å². The molecule has 2 rings (SSSR count). The van der Waals surface area contributed by atoms with Gasteiger partial charge in [-0.3, -0.25) is 0 Å². The Morgan fingerprint density at radius 2 is 1.88 bits per heavy atom. The van der Waals surface area contributed by atoms with Gasteiger partial charge in [0.05, 0.1) is 0 Å². The van der Waals surface area contributed by atoms with Gasteiger partial charge in [0.15, 0.2) is 0 Å². The van der Waals surface area contributed by atoms with Crippen LogP contribution in [0.15, 0.2) is 24.3 Å². The normalized spacial score (nSPS) is 17.2. The number of nitrogens with one attached hydrogen (secondary N) is 1. The van der Waals surface area contributed by atoms with Crippen LogP contribution in [0.4, 0.5) is 5.69 Å². The van der Waals surface area contributed by atoms with Crippen molar-refractivity contribution in [3.8, 4) is 0 Å². The van der Waals surface area contributed by atoms with Crippen molar-refractivity contribution in [3.05, 3.63) is 30.3 Å². The monoisotopic (exact) mass is 217 g/mol. The van der Waals surface area contributed by atoms with Crippen LogP contribution in [0.1, 0.15) is 25.7 Å². The summed E-state index contributed by atoms with van der Waals surface area (Å²) in [7, 11) is 0. The molecule has 2 heteroatoms. The summed E-state index contributed by atoms with van der Waals surface area (Å²) in [6.45, 7) is 4.92. The number of hydrogen-bond acceptors (Lipinski definition) is 2. The SMILES string of the molecule is [c]1ccc(NCCCN2CCCCC2)cc1. The van der Waals surface area contributed by atoms with Gasteiger partial charge in [-0.15, -0.1) is 0 Å². The maximum atomic E-state index is 3.44. The third-order valence-corrected chi connectivity index (χ3v) is 3.15. The molecule has 1 aromatic rings. The van der Waals surface area contributed by atoms with E-state index < -0.39 is 0 Å². The molecule has 16 heavy (non-hydrogen) atoms.